The van der Waals surface area contributed by atoms with Crippen LogP contribution >= 0.6 is 0 Å². The fraction of sp³-hybridized carbons (Fsp3) is 0.611. The molecule has 2 rings (SSSR count). The summed E-state index contributed by atoms with van der Waals surface area (Å²) in [5.74, 6) is 0.991. The topological polar surface area (TPSA) is 38.3 Å². The van der Waals surface area contributed by atoms with Crippen LogP contribution in [0.2, 0.25) is 0 Å². The molecular formula is C18H27NO2. The van der Waals surface area contributed by atoms with Gasteiger partial charge in [0, 0.05) is 12.0 Å². The summed E-state index contributed by atoms with van der Waals surface area (Å²) in [7, 11) is 0. The van der Waals surface area contributed by atoms with E-state index in [-0.39, 0.29) is 11.3 Å². The van der Waals surface area contributed by atoms with E-state index in [0.717, 1.165) is 24.2 Å². The molecule has 1 aromatic carbocycles. The van der Waals surface area contributed by atoms with E-state index in [1.165, 1.54) is 19.3 Å². The van der Waals surface area contributed by atoms with Crippen LogP contribution < -0.4 is 10.1 Å². The van der Waals surface area contributed by atoms with Crippen molar-refractivity contribution in [2.45, 2.75) is 65.5 Å². The number of ether oxygens (including phenoxy) is 1. The molecular weight excluding hydrogens is 262 g/mol. The molecule has 0 unspecified atom stereocenters. The van der Waals surface area contributed by atoms with Crippen LogP contribution in [0.15, 0.2) is 24.3 Å². The lowest BCUT2D eigenvalue weighted by Gasteiger charge is -2.23. The van der Waals surface area contributed by atoms with E-state index in [1.807, 2.05) is 45.0 Å². The van der Waals surface area contributed by atoms with Crippen LogP contribution in [0.3, 0.4) is 0 Å². The molecule has 3 nitrogen and oxygen atoms in total. The number of rotatable bonds is 4. The van der Waals surface area contributed by atoms with Gasteiger partial charge in [0.1, 0.15) is 5.75 Å². The van der Waals surface area contributed by atoms with E-state index in [4.69, 9.17) is 4.74 Å². The van der Waals surface area contributed by atoms with E-state index in [0.29, 0.717) is 12.6 Å². The maximum atomic E-state index is 11.9. The Balaban J connectivity index is 1.89. The minimum absolute atomic E-state index is 0.0705. The van der Waals surface area contributed by atoms with Crippen LogP contribution in [-0.2, 0) is 11.3 Å². The highest BCUT2D eigenvalue weighted by Gasteiger charge is 2.20. The minimum atomic E-state index is -0.351. The lowest BCUT2D eigenvalue weighted by molar-refractivity contribution is -0.128. The maximum absolute atomic E-state index is 11.9. The molecule has 0 heterocycles. The summed E-state index contributed by atoms with van der Waals surface area (Å²) in [6.45, 7) is 6.32. The Morgan fingerprint density at radius 1 is 1.24 bits per heavy atom. The van der Waals surface area contributed by atoms with E-state index < -0.39 is 0 Å². The number of amides is 1. The highest BCUT2D eigenvalue weighted by Crippen LogP contribution is 2.24. The van der Waals surface area contributed by atoms with Crippen LogP contribution in [-0.4, -0.2) is 12.0 Å². The molecule has 1 aromatic rings. The number of hydrogen-bond acceptors (Lipinski definition) is 2. The van der Waals surface area contributed by atoms with Crippen molar-refractivity contribution in [3.8, 4) is 5.75 Å². The molecule has 21 heavy (non-hydrogen) atoms. The second-order valence-electron chi connectivity index (χ2n) is 6.96. The smallest absolute Gasteiger partial charge is 0.225 e. The quantitative estimate of drug-likeness (QED) is 0.907. The molecule has 1 N–H and O–H groups in total. The third-order valence-electron chi connectivity index (χ3n) is 3.89. The van der Waals surface area contributed by atoms with E-state index in [2.05, 4.69) is 5.32 Å². The van der Waals surface area contributed by atoms with Gasteiger partial charge in [-0.25, -0.2) is 0 Å². The van der Waals surface area contributed by atoms with Gasteiger partial charge in [-0.15, -0.1) is 0 Å². The molecule has 3 heteroatoms. The number of hydrogen-bond donors (Lipinski definition) is 1. The Morgan fingerprint density at radius 2 is 1.95 bits per heavy atom. The van der Waals surface area contributed by atoms with Crippen molar-refractivity contribution in [1.29, 1.82) is 0 Å². The number of carbonyl (C=O) groups excluding carboxylic acids is 1. The molecule has 1 fully saturated rings. The van der Waals surface area contributed by atoms with Gasteiger partial charge in [-0.3, -0.25) is 4.79 Å². The van der Waals surface area contributed by atoms with Gasteiger partial charge in [0.2, 0.25) is 5.91 Å². The predicted molar refractivity (Wildman–Crippen MR) is 85.2 cm³/mol. The van der Waals surface area contributed by atoms with Crippen molar-refractivity contribution in [3.05, 3.63) is 29.8 Å². The summed E-state index contributed by atoms with van der Waals surface area (Å²) in [6, 6.07) is 8.06. The van der Waals surface area contributed by atoms with Crippen LogP contribution in [0.25, 0.3) is 0 Å². The Kier molecular flexibility index (Phi) is 5.27. The van der Waals surface area contributed by atoms with Gasteiger partial charge >= 0.3 is 0 Å². The highest BCUT2D eigenvalue weighted by atomic mass is 16.5. The summed E-state index contributed by atoms with van der Waals surface area (Å²) in [6.07, 6.45) is 6.55. The van der Waals surface area contributed by atoms with Gasteiger partial charge in [0.25, 0.3) is 0 Å². The van der Waals surface area contributed by atoms with Crippen molar-refractivity contribution >= 4 is 5.91 Å². The molecule has 0 aliphatic heterocycles. The fourth-order valence-electron chi connectivity index (χ4n) is 2.55. The van der Waals surface area contributed by atoms with Crippen molar-refractivity contribution in [2.75, 3.05) is 0 Å². The van der Waals surface area contributed by atoms with Gasteiger partial charge < -0.3 is 10.1 Å². The Hall–Kier alpha value is -1.51. The first-order valence-corrected chi connectivity index (χ1v) is 7.99. The largest absolute Gasteiger partial charge is 0.490 e. The van der Waals surface area contributed by atoms with Crippen molar-refractivity contribution < 1.29 is 9.53 Å². The summed E-state index contributed by atoms with van der Waals surface area (Å²) in [5, 5.41) is 2.98. The van der Waals surface area contributed by atoms with E-state index >= 15 is 0 Å². The normalized spacial score (nSPS) is 16.5. The molecule has 0 saturated heterocycles. The SMILES string of the molecule is CC(C)(C)C(=O)NCc1cccc(OC2CCCCC2)c1. The zero-order chi connectivity index (χ0) is 15.3. The van der Waals surface area contributed by atoms with Gasteiger partial charge in [-0.2, -0.15) is 0 Å². The molecule has 0 atom stereocenters. The first-order valence-electron chi connectivity index (χ1n) is 7.99. The molecule has 0 spiro atoms. The summed E-state index contributed by atoms with van der Waals surface area (Å²) < 4.78 is 6.06. The molecule has 1 aliphatic rings. The second kappa shape index (κ2) is 6.97. The third-order valence-corrected chi connectivity index (χ3v) is 3.89. The zero-order valence-corrected chi connectivity index (χ0v) is 13.4. The average molecular weight is 289 g/mol. The Labute approximate surface area is 128 Å². The zero-order valence-electron chi connectivity index (χ0n) is 13.4. The lowest BCUT2D eigenvalue weighted by atomic mass is 9.95. The lowest BCUT2D eigenvalue weighted by Crippen LogP contribution is -2.34. The fourth-order valence-corrected chi connectivity index (χ4v) is 2.55. The van der Waals surface area contributed by atoms with Gasteiger partial charge in [-0.05, 0) is 43.4 Å². The van der Waals surface area contributed by atoms with Crippen molar-refractivity contribution in [2.24, 2.45) is 5.41 Å². The molecule has 0 radical (unpaired) electrons. The summed E-state index contributed by atoms with van der Waals surface area (Å²) >= 11 is 0. The molecule has 1 aliphatic carbocycles. The maximum Gasteiger partial charge on any atom is 0.225 e. The summed E-state index contributed by atoms with van der Waals surface area (Å²) in [5.41, 5.74) is 0.733. The second-order valence-corrected chi connectivity index (χ2v) is 6.96. The van der Waals surface area contributed by atoms with E-state index in [1.54, 1.807) is 0 Å². The Bertz CT molecular complexity index is 470. The van der Waals surface area contributed by atoms with Crippen LogP contribution in [0.4, 0.5) is 0 Å². The minimum Gasteiger partial charge on any atom is -0.490 e. The molecule has 1 saturated carbocycles. The average Bonchev–Trinajstić information content (AvgIpc) is 2.45. The standard InChI is InChI=1S/C18H27NO2/c1-18(2,3)17(20)19-13-14-8-7-11-16(12-14)21-15-9-5-4-6-10-15/h7-8,11-12,15H,4-6,9-10,13H2,1-3H3,(H,19,20). The number of carbonyl (C=O) groups is 1. The molecule has 0 bridgehead atoms. The first-order chi connectivity index (χ1) is 9.95. The number of nitrogens with one attached hydrogen (secondary N) is 1. The van der Waals surface area contributed by atoms with Gasteiger partial charge in [0.15, 0.2) is 0 Å². The molecule has 0 aromatic heterocycles. The Morgan fingerprint density at radius 3 is 2.62 bits per heavy atom. The van der Waals surface area contributed by atoms with Crippen LogP contribution in [0, 0.1) is 5.41 Å². The first kappa shape index (κ1) is 15.9. The monoisotopic (exact) mass is 289 g/mol. The highest BCUT2D eigenvalue weighted by molar-refractivity contribution is 5.81. The van der Waals surface area contributed by atoms with Crippen LogP contribution in [0.5, 0.6) is 5.75 Å². The number of benzene rings is 1. The van der Waals surface area contributed by atoms with Gasteiger partial charge in [0.05, 0.1) is 6.10 Å². The van der Waals surface area contributed by atoms with E-state index in [9.17, 15) is 4.79 Å². The molecule has 1 amide bonds. The van der Waals surface area contributed by atoms with Crippen molar-refractivity contribution in [3.63, 3.8) is 0 Å². The predicted octanol–water partition coefficient (Wildman–Crippen LogP) is 4.06. The molecule has 116 valence electrons. The summed E-state index contributed by atoms with van der Waals surface area (Å²) in [4.78, 5) is 11.9. The van der Waals surface area contributed by atoms with Crippen molar-refractivity contribution in [1.82, 2.24) is 5.32 Å². The van der Waals surface area contributed by atoms with Gasteiger partial charge in [-0.1, -0.05) is 39.3 Å². The van der Waals surface area contributed by atoms with Crippen LogP contribution in [0.1, 0.15) is 58.4 Å². The third kappa shape index (κ3) is 5.07.